The predicted octanol–water partition coefficient (Wildman–Crippen LogP) is 4.62. The lowest BCUT2D eigenvalue weighted by molar-refractivity contribution is -0.121. The van der Waals surface area contributed by atoms with E-state index in [4.69, 9.17) is 0 Å². The summed E-state index contributed by atoms with van der Waals surface area (Å²) in [5, 5.41) is 9.85. The Morgan fingerprint density at radius 2 is 1.64 bits per heavy atom. The molecule has 0 bridgehead atoms. The smallest absolute Gasteiger partial charge is 0.316 e. The van der Waals surface area contributed by atoms with Gasteiger partial charge in [0.05, 0.1) is 11.4 Å². The van der Waals surface area contributed by atoms with Gasteiger partial charge in [-0.3, -0.25) is 4.79 Å². The lowest BCUT2D eigenvalue weighted by Gasteiger charge is -2.10. The first kappa shape index (κ1) is 23.7. The van der Waals surface area contributed by atoms with Gasteiger partial charge in [0.1, 0.15) is 0 Å². The minimum atomic E-state index is -0.0301. The van der Waals surface area contributed by atoms with Crippen molar-refractivity contribution < 1.29 is 9.59 Å². The maximum Gasteiger partial charge on any atom is 0.316 e. The number of fused-ring (bicyclic) bond motifs is 1. The van der Waals surface area contributed by atoms with E-state index in [0.717, 1.165) is 44.4 Å². The Kier molecular flexibility index (Phi) is 12.2. The fourth-order valence-corrected chi connectivity index (χ4v) is 5.81. The Balaban J connectivity index is 1.32. The number of thioether (sulfide) groups is 1. The van der Waals surface area contributed by atoms with Gasteiger partial charge in [-0.15, -0.1) is 11.8 Å². The standard InChI is InChI=1S/C21H39N3O2S2/c25-19(22-14-10-6-4-2-1-3-5-7-11-15-27)13-9-8-12-17-16-18-20(28-17)24-21(26)23-18/h17-18,20,27H,1-16H2,(H,22,25)(H2,23,24,26)/t17-,18+,20-/m0/s1. The van der Waals surface area contributed by atoms with Gasteiger partial charge in [0, 0.05) is 18.2 Å². The van der Waals surface area contributed by atoms with Crippen molar-refractivity contribution in [3.8, 4) is 0 Å². The monoisotopic (exact) mass is 429 g/mol. The lowest BCUT2D eigenvalue weighted by atomic mass is 10.1. The average molecular weight is 430 g/mol. The molecule has 0 saturated carbocycles. The number of carbonyl (C=O) groups excluding carboxylic acids is 2. The zero-order valence-corrected chi connectivity index (χ0v) is 18.9. The van der Waals surface area contributed by atoms with Crippen LogP contribution in [-0.2, 0) is 4.79 Å². The fourth-order valence-electron chi connectivity index (χ4n) is 4.01. The molecule has 0 unspecified atom stereocenters. The number of hydrogen-bond acceptors (Lipinski definition) is 4. The minimum absolute atomic E-state index is 0.0301. The van der Waals surface area contributed by atoms with Crippen molar-refractivity contribution in [1.29, 1.82) is 0 Å². The lowest BCUT2D eigenvalue weighted by Crippen LogP contribution is -2.27. The molecule has 0 radical (unpaired) electrons. The summed E-state index contributed by atoms with van der Waals surface area (Å²) in [6, 6.07) is 0.265. The van der Waals surface area contributed by atoms with E-state index in [9.17, 15) is 9.59 Å². The molecular weight excluding hydrogens is 390 g/mol. The highest BCUT2D eigenvalue weighted by atomic mass is 32.2. The third-order valence-electron chi connectivity index (χ3n) is 5.65. The highest BCUT2D eigenvalue weighted by Gasteiger charge is 2.40. The zero-order valence-electron chi connectivity index (χ0n) is 17.2. The molecular formula is C21H39N3O2S2. The van der Waals surface area contributed by atoms with Crippen LogP contribution in [0.3, 0.4) is 0 Å². The molecule has 5 nitrogen and oxygen atoms in total. The van der Waals surface area contributed by atoms with Crippen LogP contribution in [0.2, 0.25) is 0 Å². The molecule has 2 rings (SSSR count). The first-order chi connectivity index (χ1) is 13.7. The maximum absolute atomic E-state index is 11.9. The largest absolute Gasteiger partial charge is 0.356 e. The van der Waals surface area contributed by atoms with Gasteiger partial charge in [-0.05, 0) is 37.9 Å². The summed E-state index contributed by atoms with van der Waals surface area (Å²) in [6.45, 7) is 0.827. The van der Waals surface area contributed by atoms with Gasteiger partial charge in [-0.2, -0.15) is 12.6 Å². The number of thiol groups is 1. The van der Waals surface area contributed by atoms with E-state index in [2.05, 4.69) is 28.6 Å². The highest BCUT2D eigenvalue weighted by Crippen LogP contribution is 2.37. The number of rotatable bonds is 16. The first-order valence-electron chi connectivity index (χ1n) is 11.3. The molecule has 2 fully saturated rings. The number of nitrogens with one attached hydrogen (secondary N) is 3. The zero-order chi connectivity index (χ0) is 20.0. The average Bonchev–Trinajstić information content (AvgIpc) is 3.20. The molecule has 2 aliphatic heterocycles. The second kappa shape index (κ2) is 14.4. The van der Waals surface area contributed by atoms with Crippen LogP contribution < -0.4 is 16.0 Å². The van der Waals surface area contributed by atoms with E-state index in [1.165, 1.54) is 51.4 Å². The SMILES string of the molecule is O=C(CCCC[C@H]1C[C@H]2NC(=O)N[C@H]2S1)NCCCCCCCCCCCS. The number of urea groups is 1. The van der Waals surface area contributed by atoms with E-state index < -0.39 is 0 Å². The summed E-state index contributed by atoms with van der Waals surface area (Å²) in [6.07, 6.45) is 16.5. The van der Waals surface area contributed by atoms with Crippen LogP contribution in [0.4, 0.5) is 4.79 Å². The van der Waals surface area contributed by atoms with Gasteiger partial charge in [-0.1, -0.05) is 51.4 Å². The molecule has 0 aliphatic carbocycles. The molecule has 7 heteroatoms. The summed E-state index contributed by atoms with van der Waals surface area (Å²) >= 11 is 6.11. The van der Waals surface area contributed by atoms with Crippen molar-refractivity contribution >= 4 is 36.3 Å². The normalized spacial score (nSPS) is 23.3. The Labute approximate surface area is 180 Å². The van der Waals surface area contributed by atoms with E-state index in [-0.39, 0.29) is 17.3 Å². The van der Waals surface area contributed by atoms with E-state index in [0.29, 0.717) is 17.7 Å². The molecule has 3 N–H and O–H groups in total. The van der Waals surface area contributed by atoms with E-state index in [1.54, 1.807) is 0 Å². The summed E-state index contributed by atoms with van der Waals surface area (Å²) in [4.78, 5) is 23.2. The number of amides is 3. The van der Waals surface area contributed by atoms with Gasteiger partial charge in [0.2, 0.25) is 5.91 Å². The molecule has 2 heterocycles. The third kappa shape index (κ3) is 9.77. The molecule has 162 valence electrons. The quantitative estimate of drug-likeness (QED) is 0.214. The Bertz CT molecular complexity index is 449. The van der Waals surface area contributed by atoms with Crippen molar-refractivity contribution in [2.45, 2.75) is 107 Å². The molecule has 0 aromatic carbocycles. The maximum atomic E-state index is 11.9. The van der Waals surface area contributed by atoms with Gasteiger partial charge in [-0.25, -0.2) is 4.79 Å². The van der Waals surface area contributed by atoms with Crippen molar-refractivity contribution in [3.63, 3.8) is 0 Å². The first-order valence-corrected chi connectivity index (χ1v) is 12.9. The van der Waals surface area contributed by atoms with Crippen LogP contribution in [0, 0.1) is 0 Å². The molecule has 0 spiro atoms. The van der Waals surface area contributed by atoms with Crippen LogP contribution in [0.5, 0.6) is 0 Å². The van der Waals surface area contributed by atoms with Crippen molar-refractivity contribution in [1.82, 2.24) is 16.0 Å². The summed E-state index contributed by atoms with van der Waals surface area (Å²) in [5.74, 6) is 1.22. The molecule has 3 amide bonds. The van der Waals surface area contributed by atoms with Gasteiger partial charge < -0.3 is 16.0 Å². The molecule has 28 heavy (non-hydrogen) atoms. The molecule has 3 atom stereocenters. The van der Waals surface area contributed by atoms with Crippen LogP contribution >= 0.6 is 24.4 Å². The molecule has 2 saturated heterocycles. The van der Waals surface area contributed by atoms with Gasteiger partial charge in [0.15, 0.2) is 0 Å². The number of carbonyl (C=O) groups is 2. The predicted molar refractivity (Wildman–Crippen MR) is 122 cm³/mol. The Morgan fingerprint density at radius 1 is 0.964 bits per heavy atom. The molecule has 0 aromatic heterocycles. The third-order valence-corrected chi connectivity index (χ3v) is 7.52. The minimum Gasteiger partial charge on any atom is -0.356 e. The number of hydrogen-bond donors (Lipinski definition) is 4. The van der Waals surface area contributed by atoms with Crippen LogP contribution in [-0.4, -0.2) is 40.9 Å². The summed E-state index contributed by atoms with van der Waals surface area (Å²) in [5.41, 5.74) is 0. The summed E-state index contributed by atoms with van der Waals surface area (Å²) in [7, 11) is 0. The van der Waals surface area contributed by atoms with Gasteiger partial charge in [0.25, 0.3) is 0 Å². The van der Waals surface area contributed by atoms with Crippen LogP contribution in [0.15, 0.2) is 0 Å². The fraction of sp³-hybridized carbons (Fsp3) is 0.905. The topological polar surface area (TPSA) is 70.2 Å². The van der Waals surface area contributed by atoms with Gasteiger partial charge >= 0.3 is 6.03 Å². The number of unbranched alkanes of at least 4 members (excludes halogenated alkanes) is 9. The Morgan fingerprint density at radius 3 is 2.32 bits per heavy atom. The second-order valence-corrected chi connectivity index (χ2v) is 10.0. The van der Waals surface area contributed by atoms with Crippen molar-refractivity contribution in [3.05, 3.63) is 0 Å². The van der Waals surface area contributed by atoms with Crippen molar-refractivity contribution in [2.24, 2.45) is 0 Å². The summed E-state index contributed by atoms with van der Waals surface area (Å²) < 4.78 is 0. The second-order valence-electron chi connectivity index (χ2n) is 8.14. The van der Waals surface area contributed by atoms with Crippen LogP contribution in [0.1, 0.15) is 89.9 Å². The Hall–Kier alpha value is -0.560. The van der Waals surface area contributed by atoms with Crippen LogP contribution in [0.25, 0.3) is 0 Å². The van der Waals surface area contributed by atoms with E-state index >= 15 is 0 Å². The molecule has 0 aromatic rings. The highest BCUT2D eigenvalue weighted by molar-refractivity contribution is 8.00. The van der Waals surface area contributed by atoms with E-state index in [1.807, 2.05) is 11.8 Å². The molecule has 2 aliphatic rings. The van der Waals surface area contributed by atoms with Crippen molar-refractivity contribution in [2.75, 3.05) is 12.3 Å².